The second kappa shape index (κ2) is 4.72. The standard InChI is InChI=1S/C12H22N2O2/c1-12(4-6-13-7-5-12)11(16)14(8-9-15)10-2-3-10/h10,13,15H,2-9H2,1H3. The van der Waals surface area contributed by atoms with E-state index in [4.69, 9.17) is 5.11 Å². The summed E-state index contributed by atoms with van der Waals surface area (Å²) in [6.45, 7) is 4.52. The molecule has 0 atom stereocenters. The van der Waals surface area contributed by atoms with Crippen LogP contribution in [0.15, 0.2) is 0 Å². The van der Waals surface area contributed by atoms with Gasteiger partial charge in [-0.25, -0.2) is 0 Å². The largest absolute Gasteiger partial charge is 0.395 e. The van der Waals surface area contributed by atoms with Gasteiger partial charge in [0.2, 0.25) is 5.91 Å². The molecule has 2 N–H and O–H groups in total. The molecule has 1 saturated heterocycles. The number of aliphatic hydroxyl groups excluding tert-OH is 1. The number of nitrogens with zero attached hydrogens (tertiary/aromatic N) is 1. The predicted octanol–water partition coefficient (Wildman–Crippen LogP) is 0.359. The summed E-state index contributed by atoms with van der Waals surface area (Å²) in [5, 5.41) is 12.3. The van der Waals surface area contributed by atoms with E-state index in [-0.39, 0.29) is 17.9 Å². The van der Waals surface area contributed by atoms with Crippen LogP contribution in [0, 0.1) is 5.41 Å². The quantitative estimate of drug-likeness (QED) is 0.728. The van der Waals surface area contributed by atoms with E-state index in [0.717, 1.165) is 38.8 Å². The zero-order chi connectivity index (χ0) is 11.6. The van der Waals surface area contributed by atoms with Gasteiger partial charge in [0.05, 0.1) is 6.61 Å². The Hall–Kier alpha value is -0.610. The Bertz CT molecular complexity index is 258. The summed E-state index contributed by atoms with van der Waals surface area (Å²) in [4.78, 5) is 14.4. The highest BCUT2D eigenvalue weighted by Gasteiger charge is 2.42. The van der Waals surface area contributed by atoms with Gasteiger partial charge in [-0.05, 0) is 38.8 Å². The first-order valence-corrected chi connectivity index (χ1v) is 6.30. The Kier molecular flexibility index (Phi) is 3.50. The maximum Gasteiger partial charge on any atom is 0.228 e. The average molecular weight is 226 g/mol. The molecule has 1 saturated carbocycles. The molecule has 0 spiro atoms. The number of rotatable bonds is 4. The van der Waals surface area contributed by atoms with Gasteiger partial charge in [0, 0.05) is 18.0 Å². The Balaban J connectivity index is 2.02. The van der Waals surface area contributed by atoms with Crippen molar-refractivity contribution in [3.05, 3.63) is 0 Å². The molecule has 2 fully saturated rings. The summed E-state index contributed by atoms with van der Waals surface area (Å²) >= 11 is 0. The van der Waals surface area contributed by atoms with Crippen molar-refractivity contribution in [2.24, 2.45) is 5.41 Å². The first-order valence-electron chi connectivity index (χ1n) is 6.30. The van der Waals surface area contributed by atoms with Gasteiger partial charge in [0.15, 0.2) is 0 Å². The van der Waals surface area contributed by atoms with Crippen LogP contribution >= 0.6 is 0 Å². The molecule has 1 aliphatic carbocycles. The zero-order valence-electron chi connectivity index (χ0n) is 10.0. The summed E-state index contributed by atoms with van der Waals surface area (Å²) in [6.07, 6.45) is 4.06. The van der Waals surface area contributed by atoms with E-state index in [1.165, 1.54) is 0 Å². The van der Waals surface area contributed by atoms with Crippen molar-refractivity contribution in [3.63, 3.8) is 0 Å². The number of carbonyl (C=O) groups excluding carboxylic acids is 1. The fourth-order valence-electron chi connectivity index (χ4n) is 2.48. The lowest BCUT2D eigenvalue weighted by atomic mass is 9.79. The summed E-state index contributed by atoms with van der Waals surface area (Å²) in [5.41, 5.74) is -0.205. The van der Waals surface area contributed by atoms with Crippen LogP contribution in [0.1, 0.15) is 32.6 Å². The molecule has 1 amide bonds. The molecule has 2 aliphatic rings. The summed E-state index contributed by atoms with van der Waals surface area (Å²) in [5.74, 6) is 0.255. The van der Waals surface area contributed by atoms with E-state index in [1.54, 1.807) is 0 Å². The molecule has 92 valence electrons. The third-order valence-electron chi connectivity index (χ3n) is 3.81. The van der Waals surface area contributed by atoms with E-state index in [1.807, 2.05) is 4.90 Å². The van der Waals surface area contributed by atoms with Crippen molar-refractivity contribution < 1.29 is 9.90 Å². The molecule has 2 rings (SSSR count). The minimum atomic E-state index is -0.205. The van der Waals surface area contributed by atoms with Crippen LogP contribution < -0.4 is 5.32 Å². The predicted molar refractivity (Wildman–Crippen MR) is 62.0 cm³/mol. The maximum absolute atomic E-state index is 12.5. The second-order valence-electron chi connectivity index (χ2n) is 5.26. The SMILES string of the molecule is CC1(C(=O)N(CCO)C2CC2)CCNCC1. The lowest BCUT2D eigenvalue weighted by Crippen LogP contribution is -2.49. The molecular weight excluding hydrogens is 204 g/mol. The molecule has 0 bridgehead atoms. The molecule has 4 nitrogen and oxygen atoms in total. The zero-order valence-corrected chi connectivity index (χ0v) is 10.0. The van der Waals surface area contributed by atoms with Gasteiger partial charge in [0.1, 0.15) is 0 Å². The normalized spacial score (nSPS) is 24.1. The van der Waals surface area contributed by atoms with E-state index in [2.05, 4.69) is 12.2 Å². The number of amides is 1. The minimum Gasteiger partial charge on any atom is -0.395 e. The molecule has 4 heteroatoms. The first kappa shape index (κ1) is 11.9. The minimum absolute atomic E-state index is 0.0799. The molecule has 0 aromatic rings. The Labute approximate surface area is 97.0 Å². The van der Waals surface area contributed by atoms with Crippen molar-refractivity contribution >= 4 is 5.91 Å². The third kappa shape index (κ3) is 2.38. The fraction of sp³-hybridized carbons (Fsp3) is 0.917. The smallest absolute Gasteiger partial charge is 0.228 e. The maximum atomic E-state index is 12.5. The average Bonchev–Trinajstić information content (AvgIpc) is 3.10. The molecule has 0 unspecified atom stereocenters. The van der Waals surface area contributed by atoms with Crippen molar-refractivity contribution in [1.82, 2.24) is 10.2 Å². The van der Waals surface area contributed by atoms with Crippen LogP contribution in [0.5, 0.6) is 0 Å². The fourth-order valence-corrected chi connectivity index (χ4v) is 2.48. The molecule has 0 aromatic heterocycles. The molecule has 16 heavy (non-hydrogen) atoms. The Morgan fingerprint density at radius 1 is 1.44 bits per heavy atom. The van der Waals surface area contributed by atoms with Crippen molar-refractivity contribution in [2.75, 3.05) is 26.2 Å². The highest BCUT2D eigenvalue weighted by Crippen LogP contribution is 2.35. The number of nitrogens with one attached hydrogen (secondary N) is 1. The van der Waals surface area contributed by atoms with Crippen molar-refractivity contribution in [1.29, 1.82) is 0 Å². The number of carbonyl (C=O) groups is 1. The summed E-state index contributed by atoms with van der Waals surface area (Å²) in [7, 11) is 0. The Morgan fingerprint density at radius 3 is 2.56 bits per heavy atom. The van der Waals surface area contributed by atoms with Crippen LogP contribution in [-0.4, -0.2) is 48.2 Å². The number of hydrogen-bond donors (Lipinski definition) is 2. The highest BCUT2D eigenvalue weighted by molar-refractivity contribution is 5.83. The van der Waals surface area contributed by atoms with Crippen LogP contribution in [0.25, 0.3) is 0 Å². The first-order chi connectivity index (χ1) is 7.67. The van der Waals surface area contributed by atoms with Crippen molar-refractivity contribution in [2.45, 2.75) is 38.6 Å². The van der Waals surface area contributed by atoms with Crippen LogP contribution in [0.2, 0.25) is 0 Å². The van der Waals surface area contributed by atoms with Crippen molar-refractivity contribution in [3.8, 4) is 0 Å². The van der Waals surface area contributed by atoms with E-state index < -0.39 is 0 Å². The second-order valence-corrected chi connectivity index (χ2v) is 5.26. The van der Waals surface area contributed by atoms with Gasteiger partial charge >= 0.3 is 0 Å². The number of piperidine rings is 1. The molecule has 1 aliphatic heterocycles. The molecule has 1 heterocycles. The summed E-state index contributed by atoms with van der Waals surface area (Å²) < 4.78 is 0. The molecular formula is C12H22N2O2. The number of aliphatic hydroxyl groups is 1. The molecule has 0 radical (unpaired) electrons. The van der Waals surface area contributed by atoms with Gasteiger partial charge in [-0.3, -0.25) is 4.79 Å². The lowest BCUT2D eigenvalue weighted by Gasteiger charge is -2.37. The third-order valence-corrected chi connectivity index (χ3v) is 3.81. The topological polar surface area (TPSA) is 52.6 Å². The van der Waals surface area contributed by atoms with Gasteiger partial charge in [-0.15, -0.1) is 0 Å². The lowest BCUT2D eigenvalue weighted by molar-refractivity contribution is -0.143. The van der Waals surface area contributed by atoms with Gasteiger partial charge < -0.3 is 15.3 Å². The van der Waals surface area contributed by atoms with Gasteiger partial charge in [0.25, 0.3) is 0 Å². The highest BCUT2D eigenvalue weighted by atomic mass is 16.3. The van der Waals surface area contributed by atoms with Gasteiger partial charge in [-0.1, -0.05) is 6.92 Å². The number of hydrogen-bond acceptors (Lipinski definition) is 3. The van der Waals surface area contributed by atoms with Gasteiger partial charge in [-0.2, -0.15) is 0 Å². The van der Waals surface area contributed by atoms with E-state index in [0.29, 0.717) is 12.6 Å². The van der Waals surface area contributed by atoms with E-state index >= 15 is 0 Å². The van der Waals surface area contributed by atoms with E-state index in [9.17, 15) is 4.79 Å². The van der Waals surface area contributed by atoms with Crippen LogP contribution in [0.3, 0.4) is 0 Å². The summed E-state index contributed by atoms with van der Waals surface area (Å²) in [6, 6.07) is 0.409. The molecule has 0 aromatic carbocycles. The van der Waals surface area contributed by atoms with Crippen LogP contribution in [0.4, 0.5) is 0 Å². The van der Waals surface area contributed by atoms with Crippen LogP contribution in [-0.2, 0) is 4.79 Å². The monoisotopic (exact) mass is 226 g/mol. The Morgan fingerprint density at radius 2 is 2.06 bits per heavy atom.